The molecule has 0 radical (unpaired) electrons. The van der Waals surface area contributed by atoms with Crippen LogP contribution in [-0.4, -0.2) is 59.8 Å². The number of nitrogens with zero attached hydrogens (tertiary/aromatic N) is 2. The molecule has 2 rings (SSSR count). The van der Waals surface area contributed by atoms with Crippen LogP contribution in [0.4, 0.5) is 0 Å². The number of likely N-dealkylation sites (tertiary alicyclic amines) is 2. The maximum Gasteiger partial charge on any atom is 0.0664 e. The van der Waals surface area contributed by atoms with E-state index in [2.05, 4.69) is 23.6 Å². The van der Waals surface area contributed by atoms with Crippen LogP contribution < -0.4 is 0 Å². The van der Waals surface area contributed by atoms with Gasteiger partial charge in [0.15, 0.2) is 0 Å². The second-order valence-corrected chi connectivity index (χ2v) is 6.67. The Morgan fingerprint density at radius 3 is 2.74 bits per heavy atom. The van der Waals surface area contributed by atoms with Crippen LogP contribution in [0.25, 0.3) is 0 Å². The Bertz CT molecular complexity index is 259. The molecule has 2 heterocycles. The molecule has 0 aromatic rings. The van der Waals surface area contributed by atoms with Gasteiger partial charge in [0.25, 0.3) is 0 Å². The molecule has 0 spiro atoms. The highest BCUT2D eigenvalue weighted by Crippen LogP contribution is 2.22. The van der Waals surface area contributed by atoms with Crippen molar-refractivity contribution in [3.8, 4) is 0 Å². The summed E-state index contributed by atoms with van der Waals surface area (Å²) in [5, 5.41) is 9.81. The molecule has 3 heteroatoms. The Kier molecular flexibility index (Phi) is 6.11. The predicted octanol–water partition coefficient (Wildman–Crippen LogP) is 2.34. The zero-order valence-corrected chi connectivity index (χ0v) is 12.9. The standard InChI is InChI=1S/C16H32N2O/c1-3-16(19)13-17-9-6-8-15(11-17)12-18-10-5-4-7-14(18)2/h14-16,19H,3-13H2,1-2H3/t14-,15-,16-/m0/s1. The van der Waals surface area contributed by atoms with Gasteiger partial charge < -0.3 is 14.9 Å². The lowest BCUT2D eigenvalue weighted by molar-refractivity contribution is 0.0603. The molecule has 0 aliphatic carbocycles. The van der Waals surface area contributed by atoms with Crippen molar-refractivity contribution in [1.29, 1.82) is 0 Å². The van der Waals surface area contributed by atoms with Crippen LogP contribution in [0.5, 0.6) is 0 Å². The molecule has 3 atom stereocenters. The molecule has 1 N–H and O–H groups in total. The zero-order valence-electron chi connectivity index (χ0n) is 12.9. The van der Waals surface area contributed by atoms with E-state index >= 15 is 0 Å². The van der Waals surface area contributed by atoms with E-state index < -0.39 is 0 Å². The second-order valence-electron chi connectivity index (χ2n) is 6.67. The van der Waals surface area contributed by atoms with Crippen molar-refractivity contribution in [2.45, 2.75) is 64.5 Å². The molecule has 112 valence electrons. The summed E-state index contributed by atoms with van der Waals surface area (Å²) in [5.74, 6) is 0.818. The fourth-order valence-corrected chi connectivity index (χ4v) is 3.65. The molecule has 19 heavy (non-hydrogen) atoms. The normalized spacial score (nSPS) is 32.4. The third kappa shape index (κ3) is 4.73. The summed E-state index contributed by atoms with van der Waals surface area (Å²) in [6.45, 7) is 10.3. The highest BCUT2D eigenvalue weighted by Gasteiger charge is 2.26. The minimum atomic E-state index is -0.132. The van der Waals surface area contributed by atoms with Crippen LogP contribution in [-0.2, 0) is 0 Å². The van der Waals surface area contributed by atoms with Crippen molar-refractivity contribution in [1.82, 2.24) is 9.80 Å². The molecule has 3 nitrogen and oxygen atoms in total. The van der Waals surface area contributed by atoms with Crippen LogP contribution in [0.1, 0.15) is 52.4 Å². The molecule has 0 unspecified atom stereocenters. The number of β-amino-alcohol motifs (C(OH)–C–C–N with tert-alkyl or cyclic N) is 1. The Labute approximate surface area is 119 Å². The number of piperidine rings is 2. The van der Waals surface area contributed by atoms with Crippen LogP contribution in [0.3, 0.4) is 0 Å². The van der Waals surface area contributed by atoms with Gasteiger partial charge in [-0.25, -0.2) is 0 Å². The van der Waals surface area contributed by atoms with Crippen molar-refractivity contribution >= 4 is 0 Å². The molecule has 2 aliphatic rings. The van der Waals surface area contributed by atoms with Crippen molar-refractivity contribution < 1.29 is 5.11 Å². The Morgan fingerprint density at radius 1 is 1.16 bits per heavy atom. The molecule has 0 bridgehead atoms. The van der Waals surface area contributed by atoms with Gasteiger partial charge in [0, 0.05) is 25.7 Å². The lowest BCUT2D eigenvalue weighted by Crippen LogP contribution is -2.46. The summed E-state index contributed by atoms with van der Waals surface area (Å²) >= 11 is 0. The first-order valence-corrected chi connectivity index (χ1v) is 8.33. The van der Waals surface area contributed by atoms with E-state index in [1.165, 1.54) is 58.3 Å². The summed E-state index contributed by atoms with van der Waals surface area (Å²) in [5.41, 5.74) is 0. The van der Waals surface area contributed by atoms with Crippen LogP contribution in [0.2, 0.25) is 0 Å². The maximum absolute atomic E-state index is 9.81. The smallest absolute Gasteiger partial charge is 0.0664 e. The van der Waals surface area contributed by atoms with Gasteiger partial charge in [-0.3, -0.25) is 0 Å². The van der Waals surface area contributed by atoms with E-state index in [1.807, 2.05) is 0 Å². The van der Waals surface area contributed by atoms with Crippen LogP contribution in [0.15, 0.2) is 0 Å². The SMILES string of the molecule is CC[C@H](O)CN1CCC[C@H](CN2CCCC[C@@H]2C)C1. The summed E-state index contributed by atoms with van der Waals surface area (Å²) < 4.78 is 0. The first-order chi connectivity index (χ1) is 9.19. The first kappa shape index (κ1) is 15.3. The number of aliphatic hydroxyl groups is 1. The Hall–Kier alpha value is -0.120. The monoisotopic (exact) mass is 268 g/mol. The Morgan fingerprint density at radius 2 is 2.00 bits per heavy atom. The fraction of sp³-hybridized carbons (Fsp3) is 1.00. The third-order valence-corrected chi connectivity index (χ3v) is 4.98. The minimum Gasteiger partial charge on any atom is -0.392 e. The van der Waals surface area contributed by atoms with Crippen LogP contribution >= 0.6 is 0 Å². The van der Waals surface area contributed by atoms with Crippen molar-refractivity contribution in [2.24, 2.45) is 5.92 Å². The summed E-state index contributed by atoms with van der Waals surface area (Å²) in [6, 6.07) is 0.783. The molecule has 2 saturated heterocycles. The van der Waals surface area contributed by atoms with E-state index in [9.17, 15) is 5.11 Å². The summed E-state index contributed by atoms with van der Waals surface area (Å²) in [4.78, 5) is 5.19. The second kappa shape index (κ2) is 7.61. The van der Waals surface area contributed by atoms with Gasteiger partial charge in [-0.15, -0.1) is 0 Å². The van der Waals surface area contributed by atoms with Gasteiger partial charge in [0.05, 0.1) is 6.10 Å². The van der Waals surface area contributed by atoms with Gasteiger partial charge in [-0.05, 0) is 58.0 Å². The fourth-order valence-electron chi connectivity index (χ4n) is 3.65. The van der Waals surface area contributed by atoms with E-state index in [1.54, 1.807) is 0 Å². The number of rotatable bonds is 5. The lowest BCUT2D eigenvalue weighted by atomic mass is 9.94. The lowest BCUT2D eigenvalue weighted by Gasteiger charge is -2.40. The van der Waals surface area contributed by atoms with Gasteiger partial charge in [-0.1, -0.05) is 13.3 Å². The van der Waals surface area contributed by atoms with Crippen molar-refractivity contribution in [2.75, 3.05) is 32.7 Å². The van der Waals surface area contributed by atoms with Crippen LogP contribution in [0, 0.1) is 5.92 Å². The van der Waals surface area contributed by atoms with Gasteiger partial charge in [0.2, 0.25) is 0 Å². The van der Waals surface area contributed by atoms with Gasteiger partial charge in [-0.2, -0.15) is 0 Å². The molecule has 2 fully saturated rings. The van der Waals surface area contributed by atoms with E-state index in [0.717, 1.165) is 24.9 Å². The molecular formula is C16H32N2O. The number of aliphatic hydroxyl groups excluding tert-OH is 1. The molecule has 2 aliphatic heterocycles. The average Bonchev–Trinajstić information content (AvgIpc) is 2.42. The Balaban J connectivity index is 1.77. The summed E-state index contributed by atoms with van der Waals surface area (Å²) in [7, 11) is 0. The number of hydrogen-bond acceptors (Lipinski definition) is 3. The van der Waals surface area contributed by atoms with Gasteiger partial charge >= 0.3 is 0 Å². The number of hydrogen-bond donors (Lipinski definition) is 1. The summed E-state index contributed by atoms with van der Waals surface area (Å²) in [6.07, 6.45) is 7.61. The van der Waals surface area contributed by atoms with E-state index in [4.69, 9.17) is 0 Å². The van der Waals surface area contributed by atoms with Gasteiger partial charge in [0.1, 0.15) is 0 Å². The maximum atomic E-state index is 9.81. The van der Waals surface area contributed by atoms with Crippen molar-refractivity contribution in [3.63, 3.8) is 0 Å². The average molecular weight is 268 g/mol. The molecule has 0 saturated carbocycles. The highest BCUT2D eigenvalue weighted by molar-refractivity contribution is 4.80. The van der Waals surface area contributed by atoms with Crippen molar-refractivity contribution in [3.05, 3.63) is 0 Å². The quantitative estimate of drug-likeness (QED) is 0.829. The first-order valence-electron chi connectivity index (χ1n) is 8.33. The highest BCUT2D eigenvalue weighted by atomic mass is 16.3. The zero-order chi connectivity index (χ0) is 13.7. The van der Waals surface area contributed by atoms with E-state index in [0.29, 0.717) is 0 Å². The molecule has 0 amide bonds. The molecule has 0 aromatic heterocycles. The predicted molar refractivity (Wildman–Crippen MR) is 80.3 cm³/mol. The third-order valence-electron chi connectivity index (χ3n) is 4.98. The van der Waals surface area contributed by atoms with E-state index in [-0.39, 0.29) is 6.10 Å². The molecule has 0 aromatic carbocycles. The largest absolute Gasteiger partial charge is 0.392 e. The topological polar surface area (TPSA) is 26.7 Å². The minimum absolute atomic E-state index is 0.132. The molecular weight excluding hydrogens is 236 g/mol.